The van der Waals surface area contributed by atoms with Gasteiger partial charge in [-0.25, -0.2) is 9.97 Å². The summed E-state index contributed by atoms with van der Waals surface area (Å²) >= 11 is 6.26. The van der Waals surface area contributed by atoms with E-state index < -0.39 is 31.7 Å². The van der Waals surface area contributed by atoms with Crippen LogP contribution >= 0.6 is 19.9 Å². The van der Waals surface area contributed by atoms with Gasteiger partial charge >= 0.3 is 14.4 Å². The van der Waals surface area contributed by atoms with Crippen molar-refractivity contribution < 1.29 is 37.1 Å². The van der Waals surface area contributed by atoms with Crippen LogP contribution in [0.4, 0.5) is 36.3 Å². The SMILES string of the molecule is CNC(=O)c1nc(-c2cnn(CCCO)c2)ccc1Nc1nc(Nc2ccc(CO[P+](=O)O)cc2Cl)ncc1C(F)(F)F. The van der Waals surface area contributed by atoms with E-state index in [4.69, 9.17) is 21.6 Å². The van der Waals surface area contributed by atoms with E-state index in [1.807, 2.05) is 0 Å². The second-order valence-electron chi connectivity index (χ2n) is 8.77. The minimum Gasteiger partial charge on any atom is -0.396 e. The highest BCUT2D eigenvalue weighted by Crippen LogP contribution is 2.36. The molecular formula is C25H24ClF3N8O5P+. The summed E-state index contributed by atoms with van der Waals surface area (Å²) in [5.74, 6) is -1.57. The molecule has 3 heterocycles. The number of hydrogen-bond donors (Lipinski definition) is 5. The fraction of sp³-hybridized carbons (Fsp3) is 0.240. The molecule has 1 unspecified atom stereocenters. The number of nitrogens with zero attached hydrogens (tertiary/aromatic N) is 5. The van der Waals surface area contributed by atoms with Gasteiger partial charge in [0.2, 0.25) is 5.95 Å². The number of pyridine rings is 1. The minimum absolute atomic E-state index is 0.0145. The Kier molecular flexibility index (Phi) is 10.2. The third-order valence-electron chi connectivity index (χ3n) is 5.78. The van der Waals surface area contributed by atoms with Crippen molar-refractivity contribution in [3.05, 3.63) is 70.8 Å². The summed E-state index contributed by atoms with van der Waals surface area (Å²) in [7, 11) is -1.46. The van der Waals surface area contributed by atoms with Crippen molar-refractivity contribution >= 4 is 48.9 Å². The summed E-state index contributed by atoms with van der Waals surface area (Å²) in [5, 5.41) is 21.1. The lowest BCUT2D eigenvalue weighted by Crippen LogP contribution is -2.21. The second kappa shape index (κ2) is 13.8. The lowest BCUT2D eigenvalue weighted by atomic mass is 10.1. The molecule has 0 saturated carbocycles. The molecule has 4 rings (SSSR count). The van der Waals surface area contributed by atoms with Crippen LogP contribution in [0.25, 0.3) is 11.3 Å². The number of aromatic nitrogens is 5. The molecule has 13 nitrogen and oxygen atoms in total. The summed E-state index contributed by atoms with van der Waals surface area (Å²) in [6.45, 7) is 0.251. The maximum absolute atomic E-state index is 13.9. The molecule has 0 aliphatic carbocycles. The number of aryl methyl sites for hydroxylation is 1. The third kappa shape index (κ3) is 8.21. The van der Waals surface area contributed by atoms with Gasteiger partial charge in [0.15, 0.2) is 5.69 Å². The topological polar surface area (TPSA) is 176 Å². The molecule has 43 heavy (non-hydrogen) atoms. The van der Waals surface area contributed by atoms with Crippen LogP contribution < -0.4 is 16.0 Å². The Morgan fingerprint density at radius 3 is 2.58 bits per heavy atom. The highest BCUT2D eigenvalue weighted by atomic mass is 35.5. The van der Waals surface area contributed by atoms with Gasteiger partial charge in [-0.05, 0) is 36.2 Å². The van der Waals surface area contributed by atoms with Crippen molar-refractivity contribution in [2.45, 2.75) is 25.7 Å². The van der Waals surface area contributed by atoms with Gasteiger partial charge in [-0.2, -0.15) is 23.3 Å². The van der Waals surface area contributed by atoms with Gasteiger partial charge in [-0.15, -0.1) is 9.42 Å². The van der Waals surface area contributed by atoms with E-state index in [1.165, 1.54) is 43.6 Å². The zero-order chi connectivity index (χ0) is 31.1. The number of aliphatic hydroxyl groups excluding tert-OH is 1. The predicted molar refractivity (Wildman–Crippen MR) is 150 cm³/mol. The van der Waals surface area contributed by atoms with Gasteiger partial charge in [0.25, 0.3) is 5.91 Å². The molecule has 4 aromatic rings. The molecule has 18 heteroatoms. The molecule has 0 aliphatic rings. The number of amides is 1. The molecule has 1 amide bonds. The molecule has 0 bridgehead atoms. The molecule has 3 aromatic heterocycles. The summed E-state index contributed by atoms with van der Waals surface area (Å²) in [5.41, 5.74) is 0.144. The molecule has 0 fully saturated rings. The maximum Gasteiger partial charge on any atom is 0.695 e. The first-order valence-electron chi connectivity index (χ1n) is 12.4. The van der Waals surface area contributed by atoms with Gasteiger partial charge in [0.1, 0.15) is 18.0 Å². The average molecular weight is 640 g/mol. The Bertz CT molecular complexity index is 1640. The van der Waals surface area contributed by atoms with Crippen molar-refractivity contribution in [3.8, 4) is 11.3 Å². The number of benzene rings is 1. The number of carbonyl (C=O) groups is 1. The van der Waals surface area contributed by atoms with Gasteiger partial charge in [0, 0.05) is 42.7 Å². The van der Waals surface area contributed by atoms with Crippen molar-refractivity contribution in [2.24, 2.45) is 0 Å². The van der Waals surface area contributed by atoms with Crippen LogP contribution in [0.3, 0.4) is 0 Å². The zero-order valence-corrected chi connectivity index (χ0v) is 23.9. The number of alkyl halides is 3. The average Bonchev–Trinajstić information content (AvgIpc) is 3.44. The minimum atomic E-state index is -4.85. The van der Waals surface area contributed by atoms with Crippen LogP contribution in [0.2, 0.25) is 5.02 Å². The summed E-state index contributed by atoms with van der Waals surface area (Å²) in [6.07, 6.45) is -0.602. The van der Waals surface area contributed by atoms with Crippen LogP contribution in [-0.4, -0.2) is 54.3 Å². The first kappa shape index (κ1) is 31.7. The molecule has 1 aromatic carbocycles. The van der Waals surface area contributed by atoms with Gasteiger partial charge in [-0.3, -0.25) is 9.48 Å². The van der Waals surface area contributed by atoms with E-state index in [2.05, 4.69) is 40.5 Å². The Morgan fingerprint density at radius 1 is 1.14 bits per heavy atom. The number of anilines is 4. The second-order valence-corrected chi connectivity index (χ2v) is 9.91. The normalized spacial score (nSPS) is 11.7. The summed E-state index contributed by atoms with van der Waals surface area (Å²) < 4.78 is 58.7. The van der Waals surface area contributed by atoms with Crippen molar-refractivity contribution in [2.75, 3.05) is 24.3 Å². The monoisotopic (exact) mass is 639 g/mol. The van der Waals surface area contributed by atoms with Crippen LogP contribution in [-0.2, 0) is 28.4 Å². The Hall–Kier alpha value is -4.21. The smallest absolute Gasteiger partial charge is 0.396 e. The molecule has 0 saturated heterocycles. The van der Waals surface area contributed by atoms with E-state index >= 15 is 0 Å². The van der Waals surface area contributed by atoms with Crippen molar-refractivity contribution in [1.29, 1.82) is 0 Å². The van der Waals surface area contributed by atoms with Crippen LogP contribution in [0.15, 0.2) is 48.9 Å². The van der Waals surface area contributed by atoms with Crippen LogP contribution in [0, 0.1) is 0 Å². The van der Waals surface area contributed by atoms with E-state index in [0.717, 1.165) is 0 Å². The van der Waals surface area contributed by atoms with E-state index in [0.29, 0.717) is 36.0 Å². The Morgan fingerprint density at radius 2 is 1.91 bits per heavy atom. The van der Waals surface area contributed by atoms with Gasteiger partial charge < -0.3 is 21.1 Å². The van der Waals surface area contributed by atoms with Crippen LogP contribution in [0.5, 0.6) is 0 Å². The third-order valence-corrected chi connectivity index (χ3v) is 6.44. The highest BCUT2D eigenvalue weighted by molar-refractivity contribution is 7.32. The van der Waals surface area contributed by atoms with Crippen LogP contribution in [0.1, 0.15) is 28.0 Å². The number of carbonyl (C=O) groups excluding carboxylic acids is 1. The van der Waals surface area contributed by atoms with E-state index in [9.17, 15) is 22.5 Å². The standard InChI is InChI=1S/C25H23ClF3N8O5P/c1-30-23(39)21-20(6-5-18(33-21)15-10-32-37(12-15)7-2-8-38)34-22-16(25(27,28)29)11-31-24(36-22)35-19-4-3-14(9-17(19)26)13-42-43(40)41/h3-6,9-12,38H,2,7-8,13H2,1H3,(H3-,30,31,34,35,36,39,40,41)/p+1. The molecular weight excluding hydrogens is 616 g/mol. The molecule has 0 spiro atoms. The maximum atomic E-state index is 13.9. The number of nitrogens with one attached hydrogen (secondary N) is 3. The van der Waals surface area contributed by atoms with E-state index in [-0.39, 0.29) is 41.3 Å². The quantitative estimate of drug-likeness (QED) is 0.135. The number of halogens is 4. The molecule has 0 aliphatic heterocycles. The predicted octanol–water partition coefficient (Wildman–Crippen LogP) is 4.80. The number of aliphatic hydroxyl groups is 1. The van der Waals surface area contributed by atoms with Crippen molar-refractivity contribution in [3.63, 3.8) is 0 Å². The van der Waals surface area contributed by atoms with Gasteiger partial charge in [0.05, 0.1) is 28.3 Å². The molecule has 226 valence electrons. The first-order chi connectivity index (χ1) is 20.5. The zero-order valence-electron chi connectivity index (χ0n) is 22.3. The number of hydrogen-bond acceptors (Lipinski definition) is 10. The van der Waals surface area contributed by atoms with Crippen molar-refractivity contribution in [1.82, 2.24) is 30.0 Å². The Balaban J connectivity index is 1.66. The summed E-state index contributed by atoms with van der Waals surface area (Å²) in [4.78, 5) is 33.6. The highest BCUT2D eigenvalue weighted by Gasteiger charge is 2.36. The largest absolute Gasteiger partial charge is 0.695 e. The lowest BCUT2D eigenvalue weighted by molar-refractivity contribution is -0.137. The van der Waals surface area contributed by atoms with Gasteiger partial charge in [-0.1, -0.05) is 17.7 Å². The lowest BCUT2D eigenvalue weighted by Gasteiger charge is -2.17. The fourth-order valence-corrected chi connectivity index (χ4v) is 4.25. The summed E-state index contributed by atoms with van der Waals surface area (Å²) in [6, 6.07) is 7.33. The first-order valence-corrected chi connectivity index (χ1v) is 13.9. The molecule has 5 N–H and O–H groups in total. The Labute approximate surface area is 248 Å². The number of rotatable bonds is 12. The molecule has 1 atom stereocenters. The molecule has 0 radical (unpaired) electrons. The van der Waals surface area contributed by atoms with E-state index in [1.54, 1.807) is 10.9 Å². The fourth-order valence-electron chi connectivity index (χ4n) is 3.74.